The van der Waals surface area contributed by atoms with Gasteiger partial charge in [0.05, 0.1) is 5.56 Å². The lowest BCUT2D eigenvalue weighted by Gasteiger charge is -2.31. The molecule has 0 bridgehead atoms. The van der Waals surface area contributed by atoms with Crippen molar-refractivity contribution in [2.24, 2.45) is 11.7 Å². The maximum atomic E-state index is 12.5. The van der Waals surface area contributed by atoms with Crippen LogP contribution in [-0.4, -0.2) is 41.1 Å². The first-order valence-electron chi connectivity index (χ1n) is 10.3. The monoisotopic (exact) mass is 457 g/mol. The predicted octanol–water partition coefficient (Wildman–Crippen LogP) is 2.91. The van der Waals surface area contributed by atoms with Gasteiger partial charge in [0.15, 0.2) is 11.5 Å². The van der Waals surface area contributed by atoms with E-state index in [9.17, 15) is 24.3 Å². The summed E-state index contributed by atoms with van der Waals surface area (Å²) in [6, 6.07) is 11.4. The van der Waals surface area contributed by atoms with Gasteiger partial charge in [-0.3, -0.25) is 14.4 Å². The van der Waals surface area contributed by atoms with Gasteiger partial charge in [0.1, 0.15) is 12.1 Å². The van der Waals surface area contributed by atoms with Gasteiger partial charge in [0.25, 0.3) is 0 Å². The number of hydrogen-bond acceptors (Lipinski definition) is 8. The molecule has 0 fully saturated rings. The van der Waals surface area contributed by atoms with Crippen LogP contribution in [0.2, 0.25) is 0 Å². The maximum Gasteiger partial charge on any atom is 0.338 e. The highest BCUT2D eigenvalue weighted by atomic mass is 16.6. The van der Waals surface area contributed by atoms with Crippen LogP contribution in [0, 0.1) is 5.92 Å². The van der Waals surface area contributed by atoms with Crippen molar-refractivity contribution in [2.45, 2.75) is 45.8 Å². The van der Waals surface area contributed by atoms with E-state index in [-0.39, 0.29) is 11.5 Å². The number of carbonyl (C=O) groups excluding carboxylic acids is 3. The van der Waals surface area contributed by atoms with Gasteiger partial charge in [-0.1, -0.05) is 31.2 Å². The Morgan fingerprint density at radius 1 is 0.879 bits per heavy atom. The molecule has 2 aromatic rings. The quantitative estimate of drug-likeness (QED) is 0.429. The summed E-state index contributed by atoms with van der Waals surface area (Å²) in [4.78, 5) is 47.2. The number of carbonyl (C=O) groups is 4. The molecule has 0 radical (unpaired) electrons. The zero-order chi connectivity index (χ0) is 24.7. The van der Waals surface area contributed by atoms with Crippen molar-refractivity contribution in [3.8, 4) is 11.5 Å². The summed E-state index contributed by atoms with van der Waals surface area (Å²) in [6.07, 6.45) is -0.710. The lowest BCUT2D eigenvalue weighted by atomic mass is 9.79. The number of benzene rings is 2. The van der Waals surface area contributed by atoms with Crippen molar-refractivity contribution < 1.29 is 38.5 Å². The molecule has 0 aliphatic rings. The van der Waals surface area contributed by atoms with Crippen molar-refractivity contribution >= 4 is 23.9 Å². The summed E-state index contributed by atoms with van der Waals surface area (Å²) >= 11 is 0. The van der Waals surface area contributed by atoms with Crippen molar-refractivity contribution in [1.82, 2.24) is 0 Å². The minimum absolute atomic E-state index is 0.000281. The highest BCUT2D eigenvalue weighted by Crippen LogP contribution is 2.37. The molecule has 3 N–H and O–H groups in total. The van der Waals surface area contributed by atoms with Crippen molar-refractivity contribution in [1.29, 1.82) is 0 Å². The number of hydrogen-bond donors (Lipinski definition) is 2. The Morgan fingerprint density at radius 3 is 2.00 bits per heavy atom. The molecule has 9 nitrogen and oxygen atoms in total. The molecular weight excluding hydrogens is 430 g/mol. The second-order valence-electron chi connectivity index (χ2n) is 7.62. The normalized spacial score (nSPS) is 14.3. The Kier molecular flexibility index (Phi) is 8.70. The van der Waals surface area contributed by atoms with E-state index in [0.717, 1.165) is 0 Å². The summed E-state index contributed by atoms with van der Waals surface area (Å²) < 4.78 is 15.8. The van der Waals surface area contributed by atoms with E-state index < -0.39 is 47.9 Å². The average molecular weight is 457 g/mol. The molecule has 0 spiro atoms. The topological polar surface area (TPSA) is 142 Å². The number of carboxylic acids is 1. The number of rotatable bonds is 9. The second kappa shape index (κ2) is 11.2. The zero-order valence-corrected chi connectivity index (χ0v) is 18.8. The number of aliphatic carboxylic acids is 1. The molecule has 0 saturated carbocycles. The van der Waals surface area contributed by atoms with E-state index in [4.69, 9.17) is 19.9 Å². The minimum Gasteiger partial charge on any atom is -0.480 e. The minimum atomic E-state index is -1.36. The first-order valence-corrected chi connectivity index (χ1v) is 10.3. The molecular formula is C24H27NO8. The highest BCUT2D eigenvalue weighted by molar-refractivity contribution is 5.89. The number of ether oxygens (including phenoxy) is 3. The lowest BCUT2D eigenvalue weighted by Crippen LogP contribution is -2.42. The Balaban J connectivity index is 2.40. The Hall–Kier alpha value is -3.72. The third kappa shape index (κ3) is 6.88. The fourth-order valence-electron chi connectivity index (χ4n) is 3.41. The van der Waals surface area contributed by atoms with Gasteiger partial charge in [0, 0.05) is 25.7 Å². The van der Waals surface area contributed by atoms with Gasteiger partial charge in [-0.15, -0.1) is 0 Å². The summed E-state index contributed by atoms with van der Waals surface area (Å²) in [6.45, 7) is 5.73. The SMILES string of the molecule is CC(=O)Oc1ccc(C(C(C)C(C)OC(=O)c2ccccc2)[C@H](N)C(=O)O)cc1OC(C)=O. The summed E-state index contributed by atoms with van der Waals surface area (Å²) in [5.41, 5.74) is 6.78. The molecule has 0 aliphatic carbocycles. The molecule has 4 atom stereocenters. The van der Waals surface area contributed by atoms with E-state index in [0.29, 0.717) is 11.1 Å². The Bertz CT molecular complexity index is 1020. The van der Waals surface area contributed by atoms with Gasteiger partial charge < -0.3 is 25.1 Å². The highest BCUT2D eigenvalue weighted by Gasteiger charge is 2.35. The van der Waals surface area contributed by atoms with E-state index in [1.54, 1.807) is 44.2 Å². The first kappa shape index (κ1) is 25.5. The maximum absolute atomic E-state index is 12.5. The molecule has 176 valence electrons. The molecule has 0 aliphatic heterocycles. The van der Waals surface area contributed by atoms with Crippen LogP contribution < -0.4 is 15.2 Å². The van der Waals surface area contributed by atoms with E-state index in [1.807, 2.05) is 0 Å². The van der Waals surface area contributed by atoms with Gasteiger partial charge >= 0.3 is 23.9 Å². The molecule has 33 heavy (non-hydrogen) atoms. The van der Waals surface area contributed by atoms with Crippen LogP contribution >= 0.6 is 0 Å². The first-order chi connectivity index (χ1) is 15.5. The van der Waals surface area contributed by atoms with Gasteiger partial charge in [0.2, 0.25) is 0 Å². The molecule has 0 saturated heterocycles. The lowest BCUT2D eigenvalue weighted by molar-refractivity contribution is -0.139. The van der Waals surface area contributed by atoms with Crippen LogP contribution in [0.5, 0.6) is 11.5 Å². The third-order valence-corrected chi connectivity index (χ3v) is 5.14. The summed E-state index contributed by atoms with van der Waals surface area (Å²) in [5, 5.41) is 9.61. The fraction of sp³-hybridized carbons (Fsp3) is 0.333. The molecule has 3 unspecified atom stereocenters. The largest absolute Gasteiger partial charge is 0.480 e. The van der Waals surface area contributed by atoms with E-state index in [2.05, 4.69) is 0 Å². The van der Waals surface area contributed by atoms with Crippen LogP contribution in [0.1, 0.15) is 49.5 Å². The standard InChI is InChI=1S/C24H27NO8/c1-13(14(2)31-24(30)17-8-6-5-7-9-17)21(22(25)23(28)29)18-10-11-19(32-15(3)26)20(12-18)33-16(4)27/h5-14,21-22H,25H2,1-4H3,(H,28,29)/t13?,14?,21?,22-/m0/s1. The predicted molar refractivity (Wildman–Crippen MR) is 118 cm³/mol. The number of carboxylic acid groups (broad SMARTS) is 1. The molecule has 0 amide bonds. The van der Waals surface area contributed by atoms with Crippen LogP contribution in [0.15, 0.2) is 48.5 Å². The van der Waals surface area contributed by atoms with Gasteiger partial charge in [-0.25, -0.2) is 4.79 Å². The van der Waals surface area contributed by atoms with E-state index >= 15 is 0 Å². The zero-order valence-electron chi connectivity index (χ0n) is 18.8. The molecule has 9 heteroatoms. The average Bonchev–Trinajstić information content (AvgIpc) is 2.75. The van der Waals surface area contributed by atoms with Gasteiger partial charge in [-0.05, 0) is 36.8 Å². The van der Waals surface area contributed by atoms with Gasteiger partial charge in [-0.2, -0.15) is 0 Å². The molecule has 0 heterocycles. The fourth-order valence-corrected chi connectivity index (χ4v) is 3.41. The molecule has 2 rings (SSSR count). The second-order valence-corrected chi connectivity index (χ2v) is 7.62. The van der Waals surface area contributed by atoms with Crippen molar-refractivity contribution in [3.05, 3.63) is 59.7 Å². The molecule has 0 aromatic heterocycles. The third-order valence-electron chi connectivity index (χ3n) is 5.14. The Morgan fingerprint density at radius 2 is 1.45 bits per heavy atom. The Labute approximate surface area is 191 Å². The van der Waals surface area contributed by atoms with E-state index in [1.165, 1.54) is 32.0 Å². The van der Waals surface area contributed by atoms with Crippen LogP contribution in [-0.2, 0) is 19.1 Å². The summed E-state index contributed by atoms with van der Waals surface area (Å²) in [5.74, 6) is -4.52. The summed E-state index contributed by atoms with van der Waals surface area (Å²) in [7, 11) is 0. The van der Waals surface area contributed by atoms with Crippen molar-refractivity contribution in [3.63, 3.8) is 0 Å². The van der Waals surface area contributed by atoms with Crippen molar-refractivity contribution in [2.75, 3.05) is 0 Å². The van der Waals surface area contributed by atoms with Crippen LogP contribution in [0.25, 0.3) is 0 Å². The van der Waals surface area contributed by atoms with Crippen LogP contribution in [0.4, 0.5) is 0 Å². The number of esters is 3. The smallest absolute Gasteiger partial charge is 0.338 e. The molecule has 2 aromatic carbocycles. The number of nitrogens with two attached hydrogens (primary N) is 1. The van der Waals surface area contributed by atoms with Crippen LogP contribution in [0.3, 0.4) is 0 Å².